The predicted molar refractivity (Wildman–Crippen MR) is 126 cm³/mol. The van der Waals surface area contributed by atoms with Gasteiger partial charge < -0.3 is 16.0 Å². The van der Waals surface area contributed by atoms with Crippen molar-refractivity contribution >= 4 is 40.8 Å². The highest BCUT2D eigenvalue weighted by Gasteiger charge is 2.33. The number of benzene rings is 2. The zero-order chi connectivity index (χ0) is 25.8. The highest BCUT2D eigenvalue weighted by molar-refractivity contribution is 6.31. The molecule has 0 spiro atoms. The molecule has 3 rings (SSSR count). The van der Waals surface area contributed by atoms with E-state index in [2.05, 4.69) is 20.9 Å². The van der Waals surface area contributed by atoms with E-state index in [0.29, 0.717) is 16.9 Å². The average molecular weight is 505 g/mol. The van der Waals surface area contributed by atoms with Crippen LogP contribution in [0.1, 0.15) is 29.8 Å². The van der Waals surface area contributed by atoms with Crippen LogP contribution in [-0.2, 0) is 15.8 Å². The molecule has 1 atom stereocenters. The number of hydrogen-bond donors (Lipinski definition) is 3. The third-order valence-corrected chi connectivity index (χ3v) is 5.14. The van der Waals surface area contributed by atoms with Crippen LogP contribution in [0.25, 0.3) is 11.1 Å². The van der Waals surface area contributed by atoms with E-state index < -0.39 is 34.6 Å². The third-order valence-electron chi connectivity index (χ3n) is 4.81. The van der Waals surface area contributed by atoms with Crippen LogP contribution in [0.15, 0.2) is 60.8 Å². The number of pyridine rings is 1. The van der Waals surface area contributed by atoms with E-state index in [-0.39, 0.29) is 17.2 Å². The first kappa shape index (κ1) is 25.7. The topological polar surface area (TPSA) is 100 Å². The second-order valence-electron chi connectivity index (χ2n) is 7.57. The number of rotatable bonds is 6. The quantitative estimate of drug-likeness (QED) is 0.433. The minimum atomic E-state index is -4.68. The normalized spacial score (nSPS) is 11.9. The van der Waals surface area contributed by atoms with Gasteiger partial charge in [0.1, 0.15) is 11.9 Å². The van der Waals surface area contributed by atoms with Gasteiger partial charge in [-0.25, -0.2) is 4.98 Å². The number of hydrogen-bond acceptors (Lipinski definition) is 4. The molecule has 3 N–H and O–H groups in total. The predicted octanol–water partition coefficient (Wildman–Crippen LogP) is 5.14. The SMILES string of the molecule is CC(=O)Nc1ccc(-c2cccc(C(=O)NC(C)C(=O)Nc3ccc(Cl)c(C(F)(F)F)c3)c2)cn1. The molecule has 11 heteroatoms. The van der Waals surface area contributed by atoms with Crippen molar-refractivity contribution in [3.05, 3.63) is 76.9 Å². The summed E-state index contributed by atoms with van der Waals surface area (Å²) in [6, 6.07) is 11.9. The number of nitrogens with one attached hydrogen (secondary N) is 3. The smallest absolute Gasteiger partial charge is 0.341 e. The number of amides is 3. The van der Waals surface area contributed by atoms with Gasteiger partial charge in [0.15, 0.2) is 0 Å². The Morgan fingerprint density at radius 2 is 1.71 bits per heavy atom. The van der Waals surface area contributed by atoms with E-state index in [0.717, 1.165) is 12.1 Å². The van der Waals surface area contributed by atoms with Gasteiger partial charge in [0.25, 0.3) is 5.91 Å². The van der Waals surface area contributed by atoms with E-state index in [1.54, 1.807) is 42.6 Å². The van der Waals surface area contributed by atoms with Crippen LogP contribution in [0.2, 0.25) is 5.02 Å². The maximum absolute atomic E-state index is 13.0. The Bertz CT molecular complexity index is 1260. The summed E-state index contributed by atoms with van der Waals surface area (Å²) in [6.45, 7) is 2.77. The lowest BCUT2D eigenvalue weighted by atomic mass is 10.0. The van der Waals surface area contributed by atoms with E-state index in [1.807, 2.05) is 0 Å². The lowest BCUT2D eigenvalue weighted by molar-refractivity contribution is -0.137. The molecule has 0 saturated carbocycles. The van der Waals surface area contributed by atoms with Gasteiger partial charge in [0.05, 0.1) is 10.6 Å². The van der Waals surface area contributed by atoms with Crippen LogP contribution < -0.4 is 16.0 Å². The second kappa shape index (κ2) is 10.6. The van der Waals surface area contributed by atoms with Crippen molar-refractivity contribution in [3.63, 3.8) is 0 Å². The number of anilines is 2. The Kier molecular flexibility index (Phi) is 7.75. The van der Waals surface area contributed by atoms with Gasteiger partial charge in [-0.3, -0.25) is 14.4 Å². The Balaban J connectivity index is 1.67. The number of nitrogens with zero attached hydrogens (tertiary/aromatic N) is 1. The fourth-order valence-electron chi connectivity index (χ4n) is 3.08. The van der Waals surface area contributed by atoms with Gasteiger partial charge in [-0.1, -0.05) is 23.7 Å². The molecule has 0 aliphatic rings. The third kappa shape index (κ3) is 6.80. The summed E-state index contributed by atoms with van der Waals surface area (Å²) in [5.41, 5.74) is 0.453. The van der Waals surface area contributed by atoms with Crippen molar-refractivity contribution in [2.24, 2.45) is 0 Å². The van der Waals surface area contributed by atoms with Crippen LogP contribution in [0.5, 0.6) is 0 Å². The van der Waals surface area contributed by atoms with Gasteiger partial charge in [0.2, 0.25) is 11.8 Å². The van der Waals surface area contributed by atoms with Crippen molar-refractivity contribution in [1.29, 1.82) is 0 Å². The highest BCUT2D eigenvalue weighted by atomic mass is 35.5. The first-order valence-electron chi connectivity index (χ1n) is 10.3. The summed E-state index contributed by atoms with van der Waals surface area (Å²) in [4.78, 5) is 40.4. The second-order valence-corrected chi connectivity index (χ2v) is 7.98. The van der Waals surface area contributed by atoms with Gasteiger partial charge >= 0.3 is 6.18 Å². The summed E-state index contributed by atoms with van der Waals surface area (Å²) >= 11 is 5.59. The minimum Gasteiger partial charge on any atom is -0.341 e. The summed E-state index contributed by atoms with van der Waals surface area (Å²) in [5.74, 6) is -1.12. The van der Waals surface area contributed by atoms with Crippen molar-refractivity contribution < 1.29 is 27.6 Å². The van der Waals surface area contributed by atoms with E-state index in [1.165, 1.54) is 19.9 Å². The molecule has 1 heterocycles. The Hall–Kier alpha value is -3.92. The van der Waals surface area contributed by atoms with E-state index in [9.17, 15) is 27.6 Å². The van der Waals surface area contributed by atoms with Crippen LogP contribution in [0.3, 0.4) is 0 Å². The first-order chi connectivity index (χ1) is 16.4. The Morgan fingerprint density at radius 1 is 0.971 bits per heavy atom. The number of halogens is 4. The Morgan fingerprint density at radius 3 is 2.34 bits per heavy atom. The molecule has 0 aliphatic heterocycles. The first-order valence-corrected chi connectivity index (χ1v) is 10.6. The summed E-state index contributed by atoms with van der Waals surface area (Å²) in [6.07, 6.45) is -3.14. The van der Waals surface area contributed by atoms with Crippen LogP contribution in [0.4, 0.5) is 24.7 Å². The van der Waals surface area contributed by atoms with Gasteiger partial charge in [-0.2, -0.15) is 13.2 Å². The standard InChI is InChI=1S/C24H20ClF3N4O3/c1-13(22(34)32-18-7-8-20(25)19(11-18)24(26,27)28)30-23(35)16-5-3-4-15(10-16)17-6-9-21(29-12-17)31-14(2)33/h3-13H,1-2H3,(H,30,35)(H,32,34)(H,29,31,33). The number of carbonyl (C=O) groups excluding carboxylic acids is 3. The molecule has 0 radical (unpaired) electrons. The molecule has 0 saturated heterocycles. The van der Waals surface area contributed by atoms with Crippen molar-refractivity contribution in [3.8, 4) is 11.1 Å². The molecular formula is C24H20ClF3N4O3. The molecule has 1 aromatic heterocycles. The fraction of sp³-hybridized carbons (Fsp3) is 0.167. The highest BCUT2D eigenvalue weighted by Crippen LogP contribution is 2.36. The van der Waals surface area contributed by atoms with Crippen LogP contribution >= 0.6 is 11.6 Å². The molecule has 182 valence electrons. The Labute approximate surface area is 203 Å². The van der Waals surface area contributed by atoms with Crippen LogP contribution in [-0.4, -0.2) is 28.7 Å². The molecule has 0 aliphatic carbocycles. The molecule has 35 heavy (non-hydrogen) atoms. The maximum Gasteiger partial charge on any atom is 0.417 e. The molecule has 0 fully saturated rings. The lowest BCUT2D eigenvalue weighted by Gasteiger charge is -2.16. The number of carbonyl (C=O) groups is 3. The van der Waals surface area contributed by atoms with Crippen LogP contribution in [0, 0.1) is 0 Å². The molecular weight excluding hydrogens is 485 g/mol. The van der Waals surface area contributed by atoms with Gasteiger partial charge in [-0.05, 0) is 55.0 Å². The minimum absolute atomic E-state index is 0.106. The lowest BCUT2D eigenvalue weighted by Crippen LogP contribution is -2.41. The van der Waals surface area contributed by atoms with Crippen molar-refractivity contribution in [1.82, 2.24) is 10.3 Å². The largest absolute Gasteiger partial charge is 0.417 e. The molecule has 3 aromatic rings. The van der Waals surface area contributed by atoms with E-state index >= 15 is 0 Å². The zero-order valence-corrected chi connectivity index (χ0v) is 19.3. The summed E-state index contributed by atoms with van der Waals surface area (Å²) in [5, 5.41) is 6.94. The van der Waals surface area contributed by atoms with Gasteiger partial charge in [-0.15, -0.1) is 0 Å². The monoisotopic (exact) mass is 504 g/mol. The molecule has 1 unspecified atom stereocenters. The van der Waals surface area contributed by atoms with Crippen molar-refractivity contribution in [2.75, 3.05) is 10.6 Å². The van der Waals surface area contributed by atoms with Gasteiger partial charge in [0, 0.05) is 29.9 Å². The summed E-state index contributed by atoms with van der Waals surface area (Å²) in [7, 11) is 0. The maximum atomic E-state index is 13.0. The number of alkyl halides is 3. The molecule has 0 bridgehead atoms. The molecule has 2 aromatic carbocycles. The zero-order valence-electron chi connectivity index (χ0n) is 18.5. The fourth-order valence-corrected chi connectivity index (χ4v) is 3.30. The average Bonchev–Trinajstić information content (AvgIpc) is 2.79. The molecule has 3 amide bonds. The number of aromatic nitrogens is 1. The summed E-state index contributed by atoms with van der Waals surface area (Å²) < 4.78 is 39.1. The van der Waals surface area contributed by atoms with E-state index in [4.69, 9.17) is 11.6 Å². The van der Waals surface area contributed by atoms with Crippen molar-refractivity contribution in [2.45, 2.75) is 26.1 Å². The molecule has 7 nitrogen and oxygen atoms in total.